The second kappa shape index (κ2) is 67.1. The van der Waals surface area contributed by atoms with Crippen LogP contribution in [0.3, 0.4) is 0 Å². The maximum Gasteiger partial charge on any atom is 0.306 e. The number of esters is 2. The molecule has 2 atom stereocenters. The van der Waals surface area contributed by atoms with Crippen LogP contribution in [0.2, 0.25) is 0 Å². The predicted octanol–water partition coefficient (Wildman–Crippen LogP) is 20.6. The number of quaternary nitrogens is 1. The third-order valence-electron chi connectivity index (χ3n) is 14.6. The predicted molar refractivity (Wildman–Crippen MR) is 370 cm³/mol. The molecular weight excluding hydrogens is 1080 g/mol. The Bertz CT molecular complexity index is 1940. The molecule has 0 radical (unpaired) electrons. The van der Waals surface area contributed by atoms with Crippen LogP contribution in [-0.2, 0) is 33.3 Å². The van der Waals surface area contributed by atoms with Gasteiger partial charge in [0, 0.05) is 12.8 Å². The van der Waals surface area contributed by atoms with Crippen molar-refractivity contribution in [2.24, 2.45) is 0 Å². The summed E-state index contributed by atoms with van der Waals surface area (Å²) in [5.74, 6) is -2.31. The van der Waals surface area contributed by atoms with Gasteiger partial charge in [0.05, 0.1) is 40.3 Å². The summed E-state index contributed by atoms with van der Waals surface area (Å²) in [4.78, 5) is 37.4. The molecule has 9 heteroatoms. The van der Waals surface area contributed by atoms with Crippen LogP contribution in [0, 0.1) is 0 Å². The molecule has 0 aromatic carbocycles. The van der Waals surface area contributed by atoms with Crippen molar-refractivity contribution >= 4 is 17.9 Å². The molecule has 0 spiro atoms. The Morgan fingerprint density at radius 3 is 0.920 bits per heavy atom. The average Bonchev–Trinajstić information content (AvgIpc) is 3.59. The Morgan fingerprint density at radius 2 is 0.621 bits per heavy atom. The Morgan fingerprint density at radius 1 is 0.345 bits per heavy atom. The number of allylic oxidation sites excluding steroid dienone is 24. The number of hydrogen-bond donors (Lipinski definition) is 0. The van der Waals surface area contributed by atoms with Crippen LogP contribution >= 0.6 is 0 Å². The van der Waals surface area contributed by atoms with Crippen LogP contribution < -0.4 is 5.11 Å². The van der Waals surface area contributed by atoms with E-state index >= 15 is 0 Å². The molecule has 0 aromatic heterocycles. The smallest absolute Gasteiger partial charge is 0.306 e. The summed E-state index contributed by atoms with van der Waals surface area (Å²) in [6.45, 7) is 4.50. The van der Waals surface area contributed by atoms with Crippen molar-refractivity contribution < 1.29 is 42.9 Å². The third kappa shape index (κ3) is 68.5. The highest BCUT2D eigenvalue weighted by atomic mass is 16.7. The summed E-state index contributed by atoms with van der Waals surface area (Å²) in [6.07, 6.45) is 95.0. The van der Waals surface area contributed by atoms with Crippen LogP contribution in [0.25, 0.3) is 0 Å². The lowest BCUT2D eigenvalue weighted by molar-refractivity contribution is -0.870. The van der Waals surface area contributed by atoms with Gasteiger partial charge in [0.2, 0.25) is 0 Å². The molecule has 0 N–H and O–H groups in total. The minimum Gasteiger partial charge on any atom is -0.545 e. The van der Waals surface area contributed by atoms with E-state index in [1.807, 2.05) is 21.1 Å². The topological polar surface area (TPSA) is 111 Å². The van der Waals surface area contributed by atoms with Crippen LogP contribution in [0.1, 0.15) is 271 Å². The van der Waals surface area contributed by atoms with Crippen molar-refractivity contribution in [3.05, 3.63) is 146 Å². The standard InChI is InChI=1S/C78H129NO8/c1-6-8-10-12-14-16-18-20-22-24-26-28-29-30-31-32-33-34-35-36-37-38-39-40-41-42-43-44-45-46-47-49-51-53-55-57-59-61-63-65-67-69-76(81)87-74(73-86-78(77(82)83)84-71-70-79(3,4)5)72-85-75(80)68-66-64-62-60-58-56-54-52-50-48-27-25-23-21-19-17-15-13-11-9-7-2/h8-11,14-17,20-23,26-28,30-31,33-34,36-37,48,52,54,74,78H,6-7,12-13,18-19,24-25,29,32,35,38-47,49-51,53,55-73H2,1-5H3/b10-8-,11-9-,16-14-,17-15-,22-20-,23-21-,28-26-,31-30-,34-33-,37-36-,48-27-,54-52-. The molecule has 0 rings (SSSR count). The number of aliphatic carboxylic acids is 1. The van der Waals surface area contributed by atoms with Crippen molar-refractivity contribution in [1.29, 1.82) is 0 Å². The fourth-order valence-electron chi connectivity index (χ4n) is 9.31. The first-order chi connectivity index (χ1) is 42.6. The molecule has 0 fully saturated rings. The van der Waals surface area contributed by atoms with Crippen molar-refractivity contribution in [1.82, 2.24) is 0 Å². The lowest BCUT2D eigenvalue weighted by atomic mass is 10.0. The van der Waals surface area contributed by atoms with E-state index in [1.54, 1.807) is 0 Å². The number of ether oxygens (including phenoxy) is 4. The first-order valence-electron chi connectivity index (χ1n) is 35.0. The van der Waals surface area contributed by atoms with E-state index in [2.05, 4.69) is 160 Å². The SMILES string of the molecule is CC/C=C\C/C=C\C/C=C\C/C=C\C/C=C\C/C=C\C/C=C\CCCCCCCCCCCCCCCCCCCCCC(=O)OC(COC(=O)CCCCCCC/C=C\C/C=C\C/C=C\C/C=C\C/C=C\CC)COC(OCC[N+](C)(C)C)C(=O)[O-]. The van der Waals surface area contributed by atoms with Gasteiger partial charge in [-0.25, -0.2) is 0 Å². The monoisotopic (exact) mass is 1210 g/mol. The van der Waals surface area contributed by atoms with Gasteiger partial charge in [0.25, 0.3) is 0 Å². The van der Waals surface area contributed by atoms with Crippen molar-refractivity contribution in [3.63, 3.8) is 0 Å². The van der Waals surface area contributed by atoms with E-state index in [0.29, 0.717) is 23.9 Å². The summed E-state index contributed by atoms with van der Waals surface area (Å²) in [7, 11) is 5.92. The van der Waals surface area contributed by atoms with E-state index in [-0.39, 0.29) is 38.6 Å². The molecule has 0 heterocycles. The van der Waals surface area contributed by atoms with E-state index in [4.69, 9.17) is 18.9 Å². The molecule has 87 heavy (non-hydrogen) atoms. The third-order valence-corrected chi connectivity index (χ3v) is 14.6. The minimum absolute atomic E-state index is 0.139. The molecule has 0 saturated heterocycles. The van der Waals surface area contributed by atoms with Crippen molar-refractivity contribution in [3.8, 4) is 0 Å². The molecule has 9 nitrogen and oxygen atoms in total. The van der Waals surface area contributed by atoms with Crippen molar-refractivity contribution in [2.75, 3.05) is 47.5 Å². The van der Waals surface area contributed by atoms with Gasteiger partial charge < -0.3 is 33.3 Å². The molecule has 0 bridgehead atoms. The number of hydrogen-bond acceptors (Lipinski definition) is 8. The summed E-state index contributed by atoms with van der Waals surface area (Å²) in [5.41, 5.74) is 0. The fourth-order valence-corrected chi connectivity index (χ4v) is 9.31. The van der Waals surface area contributed by atoms with Gasteiger partial charge in [-0.2, -0.15) is 0 Å². The van der Waals surface area contributed by atoms with Gasteiger partial charge in [0.1, 0.15) is 13.2 Å². The summed E-state index contributed by atoms with van der Waals surface area (Å²) in [5, 5.41) is 11.8. The highest BCUT2D eigenvalue weighted by Crippen LogP contribution is 2.17. The number of likely N-dealkylation sites (N-methyl/N-ethyl adjacent to an activating group) is 1. The number of nitrogens with zero attached hydrogens (tertiary/aromatic N) is 1. The average molecular weight is 1210 g/mol. The van der Waals surface area contributed by atoms with Gasteiger partial charge in [-0.05, 0) is 116 Å². The quantitative estimate of drug-likeness (QED) is 0.0195. The second-order valence-electron chi connectivity index (χ2n) is 24.1. The van der Waals surface area contributed by atoms with Gasteiger partial charge in [-0.15, -0.1) is 0 Å². The highest BCUT2D eigenvalue weighted by Gasteiger charge is 2.22. The van der Waals surface area contributed by atoms with Crippen LogP contribution in [0.5, 0.6) is 0 Å². The molecular formula is C78H129NO8. The van der Waals surface area contributed by atoms with Crippen LogP contribution in [0.4, 0.5) is 0 Å². The lowest BCUT2D eigenvalue weighted by Gasteiger charge is -2.26. The number of carboxylic acid groups (broad SMARTS) is 1. The lowest BCUT2D eigenvalue weighted by Crippen LogP contribution is -2.44. The van der Waals surface area contributed by atoms with Gasteiger partial charge in [-0.1, -0.05) is 288 Å². The van der Waals surface area contributed by atoms with Gasteiger partial charge >= 0.3 is 11.9 Å². The first-order valence-corrected chi connectivity index (χ1v) is 35.0. The Balaban J connectivity index is 4.08. The van der Waals surface area contributed by atoms with E-state index in [9.17, 15) is 19.5 Å². The maximum absolute atomic E-state index is 12.9. The largest absolute Gasteiger partial charge is 0.545 e. The van der Waals surface area contributed by atoms with Gasteiger partial charge in [-0.3, -0.25) is 9.59 Å². The highest BCUT2D eigenvalue weighted by molar-refractivity contribution is 5.70. The molecule has 494 valence electrons. The Labute approximate surface area is 534 Å². The first kappa shape index (κ1) is 82.2. The number of carbonyl (C=O) groups excluding carboxylic acids is 3. The molecule has 0 aliphatic carbocycles. The normalized spacial score (nSPS) is 13.6. The zero-order valence-electron chi connectivity index (χ0n) is 56.3. The zero-order valence-corrected chi connectivity index (χ0v) is 56.3. The Kier molecular flexibility index (Phi) is 63.4. The summed E-state index contributed by atoms with van der Waals surface area (Å²) < 4.78 is 22.8. The molecule has 2 unspecified atom stereocenters. The fraction of sp³-hybridized carbons (Fsp3) is 0.654. The number of unbranched alkanes of at least 4 members (excludes halogenated alkanes) is 24. The molecule has 0 saturated carbocycles. The maximum atomic E-state index is 12.9. The molecule has 0 aliphatic heterocycles. The van der Waals surface area contributed by atoms with E-state index < -0.39 is 24.3 Å². The van der Waals surface area contributed by atoms with Crippen LogP contribution in [0.15, 0.2) is 146 Å². The number of carboxylic acids is 1. The minimum atomic E-state index is -1.63. The Hall–Kier alpha value is -4.83. The number of rotatable bonds is 63. The van der Waals surface area contributed by atoms with Crippen LogP contribution in [-0.4, -0.2) is 82.3 Å². The van der Waals surface area contributed by atoms with E-state index in [0.717, 1.165) is 128 Å². The molecule has 0 amide bonds. The van der Waals surface area contributed by atoms with Gasteiger partial charge in [0.15, 0.2) is 12.4 Å². The summed E-state index contributed by atoms with van der Waals surface area (Å²) >= 11 is 0. The van der Waals surface area contributed by atoms with E-state index in [1.165, 1.54) is 103 Å². The second-order valence-corrected chi connectivity index (χ2v) is 24.1. The van der Waals surface area contributed by atoms with Crippen molar-refractivity contribution in [2.45, 2.75) is 283 Å². The molecule has 0 aromatic rings. The molecule has 0 aliphatic rings. The zero-order chi connectivity index (χ0) is 63.3. The number of carbonyl (C=O) groups is 3. The summed E-state index contributed by atoms with van der Waals surface area (Å²) in [6, 6.07) is 0.